The van der Waals surface area contributed by atoms with E-state index in [1.807, 2.05) is 18.2 Å². The van der Waals surface area contributed by atoms with Crippen LogP contribution in [0, 0.1) is 19.8 Å². The smallest absolute Gasteiger partial charge is 0.229 e. The molecule has 1 amide bonds. The van der Waals surface area contributed by atoms with Crippen LogP contribution in [0.25, 0.3) is 0 Å². The van der Waals surface area contributed by atoms with Gasteiger partial charge in [-0.3, -0.25) is 4.79 Å². The number of carbonyl (C=O) groups excluding carboxylic acids is 1. The molecule has 2 aromatic carbocycles. The van der Waals surface area contributed by atoms with Crippen LogP contribution >= 0.6 is 23.1 Å². The number of aryl methyl sites for hydroxylation is 2. The van der Waals surface area contributed by atoms with Gasteiger partial charge in [0.2, 0.25) is 11.0 Å². The Kier molecular flexibility index (Phi) is 5.27. The van der Waals surface area contributed by atoms with E-state index >= 15 is 0 Å². The molecule has 0 aliphatic heterocycles. The van der Waals surface area contributed by atoms with Gasteiger partial charge in [-0.15, -0.1) is 10.2 Å². The molecule has 1 aliphatic carbocycles. The molecule has 1 aliphatic rings. The molecule has 1 N–H and O–H groups in total. The third kappa shape index (κ3) is 4.57. The Morgan fingerprint density at radius 2 is 1.89 bits per heavy atom. The van der Waals surface area contributed by atoms with Crippen LogP contribution in [0.3, 0.4) is 0 Å². The molecular formula is C21H21N3OS2. The Labute approximate surface area is 167 Å². The van der Waals surface area contributed by atoms with Gasteiger partial charge in [0.1, 0.15) is 0 Å². The number of nitrogens with zero attached hydrogens (tertiary/aromatic N) is 2. The maximum Gasteiger partial charge on any atom is 0.229 e. The Morgan fingerprint density at radius 3 is 2.63 bits per heavy atom. The van der Waals surface area contributed by atoms with Crippen LogP contribution in [0.2, 0.25) is 0 Å². The summed E-state index contributed by atoms with van der Waals surface area (Å²) < 4.78 is 0.875. The molecule has 1 aromatic heterocycles. The highest BCUT2D eigenvalue weighted by molar-refractivity contribution is 8.00. The Balaban J connectivity index is 1.31. The van der Waals surface area contributed by atoms with Crippen LogP contribution in [-0.2, 0) is 10.5 Å². The average molecular weight is 396 g/mol. The van der Waals surface area contributed by atoms with E-state index in [2.05, 4.69) is 59.7 Å². The lowest BCUT2D eigenvalue weighted by Gasteiger charge is -2.03. The molecule has 0 unspecified atom stereocenters. The maximum atomic E-state index is 12.4. The molecule has 4 rings (SSSR count). The molecule has 0 bridgehead atoms. The van der Waals surface area contributed by atoms with Gasteiger partial charge in [-0.2, -0.15) is 0 Å². The van der Waals surface area contributed by atoms with Crippen LogP contribution in [0.4, 0.5) is 5.13 Å². The molecule has 138 valence electrons. The summed E-state index contributed by atoms with van der Waals surface area (Å²) >= 11 is 3.09. The number of carbonyl (C=O) groups is 1. The zero-order valence-electron chi connectivity index (χ0n) is 15.3. The number of nitrogens with one attached hydrogen (secondary N) is 1. The van der Waals surface area contributed by atoms with Gasteiger partial charge >= 0.3 is 0 Å². The number of hydrogen-bond acceptors (Lipinski definition) is 5. The minimum absolute atomic E-state index is 0.0441. The number of thioether (sulfide) groups is 1. The van der Waals surface area contributed by atoms with Gasteiger partial charge < -0.3 is 5.32 Å². The van der Waals surface area contributed by atoms with Crippen LogP contribution in [0.15, 0.2) is 52.9 Å². The highest BCUT2D eigenvalue weighted by atomic mass is 32.2. The lowest BCUT2D eigenvalue weighted by atomic mass is 10.1. The molecule has 27 heavy (non-hydrogen) atoms. The van der Waals surface area contributed by atoms with E-state index in [1.165, 1.54) is 33.6 Å². The van der Waals surface area contributed by atoms with E-state index in [-0.39, 0.29) is 11.8 Å². The van der Waals surface area contributed by atoms with Gasteiger partial charge in [-0.1, -0.05) is 82.8 Å². The number of rotatable bonds is 6. The third-order valence-corrected chi connectivity index (χ3v) is 6.68. The topological polar surface area (TPSA) is 54.9 Å². The van der Waals surface area contributed by atoms with Crippen molar-refractivity contribution >= 4 is 34.1 Å². The quantitative estimate of drug-likeness (QED) is 0.461. The third-order valence-electron chi connectivity index (χ3n) is 4.64. The zero-order valence-corrected chi connectivity index (χ0v) is 16.9. The monoisotopic (exact) mass is 395 g/mol. The lowest BCUT2D eigenvalue weighted by Crippen LogP contribution is -2.14. The van der Waals surface area contributed by atoms with Gasteiger partial charge in [-0.25, -0.2) is 0 Å². The molecule has 1 saturated carbocycles. The van der Waals surface area contributed by atoms with E-state index in [0.717, 1.165) is 16.5 Å². The summed E-state index contributed by atoms with van der Waals surface area (Å²) in [5.41, 5.74) is 5.06. The zero-order chi connectivity index (χ0) is 18.8. The standard InChI is InChI=1S/C21H21N3OS2/c1-13-8-14(2)10-15(9-13)12-26-21-24-23-20(27-21)22-19(25)18-11-17(18)16-6-4-3-5-7-16/h3-10,17-18H,11-12H2,1-2H3,(H,22,23,25)/t17-,18-/m0/s1. The van der Waals surface area contributed by atoms with Crippen molar-refractivity contribution in [1.82, 2.24) is 10.2 Å². The van der Waals surface area contributed by atoms with E-state index in [0.29, 0.717) is 11.0 Å². The van der Waals surface area contributed by atoms with Gasteiger partial charge in [0.25, 0.3) is 0 Å². The van der Waals surface area contributed by atoms with Crippen molar-refractivity contribution in [1.29, 1.82) is 0 Å². The first-order chi connectivity index (χ1) is 13.1. The molecule has 1 fully saturated rings. The summed E-state index contributed by atoms with van der Waals surface area (Å²) in [6, 6.07) is 16.8. The summed E-state index contributed by atoms with van der Waals surface area (Å²) in [5.74, 6) is 1.27. The average Bonchev–Trinajstić information content (AvgIpc) is 3.34. The minimum Gasteiger partial charge on any atom is -0.300 e. The predicted molar refractivity (Wildman–Crippen MR) is 111 cm³/mol. The highest BCUT2D eigenvalue weighted by Gasteiger charge is 2.44. The Bertz CT molecular complexity index is 935. The summed E-state index contributed by atoms with van der Waals surface area (Å²) in [6.07, 6.45) is 0.906. The number of amides is 1. The second-order valence-electron chi connectivity index (χ2n) is 7.01. The molecule has 0 saturated heterocycles. The number of anilines is 1. The summed E-state index contributed by atoms with van der Waals surface area (Å²) in [4.78, 5) is 12.4. The van der Waals surface area contributed by atoms with Crippen molar-refractivity contribution < 1.29 is 4.79 Å². The normalized spacial score (nSPS) is 18.3. The van der Waals surface area contributed by atoms with E-state index < -0.39 is 0 Å². The van der Waals surface area contributed by atoms with E-state index in [4.69, 9.17) is 0 Å². The molecular weight excluding hydrogens is 374 g/mol. The maximum absolute atomic E-state index is 12.4. The summed E-state index contributed by atoms with van der Waals surface area (Å²) in [5, 5.41) is 11.8. The SMILES string of the molecule is Cc1cc(C)cc(CSc2nnc(NC(=O)[C@H]3C[C@H]3c3ccccc3)s2)c1. The van der Waals surface area contributed by atoms with Crippen molar-refractivity contribution in [3.63, 3.8) is 0 Å². The predicted octanol–water partition coefficient (Wildman–Crippen LogP) is 5.19. The van der Waals surface area contributed by atoms with Gasteiger partial charge in [-0.05, 0) is 37.3 Å². The van der Waals surface area contributed by atoms with Gasteiger partial charge in [0.15, 0.2) is 4.34 Å². The van der Waals surface area contributed by atoms with Crippen molar-refractivity contribution in [3.05, 3.63) is 70.8 Å². The second-order valence-corrected chi connectivity index (χ2v) is 9.21. The van der Waals surface area contributed by atoms with Crippen molar-refractivity contribution in [3.8, 4) is 0 Å². The molecule has 2 atom stereocenters. The highest BCUT2D eigenvalue weighted by Crippen LogP contribution is 2.48. The molecule has 3 aromatic rings. The van der Waals surface area contributed by atoms with Crippen LogP contribution in [0.1, 0.15) is 34.6 Å². The number of hydrogen-bond donors (Lipinski definition) is 1. The minimum atomic E-state index is 0.0441. The van der Waals surface area contributed by atoms with Gasteiger partial charge in [0, 0.05) is 11.7 Å². The van der Waals surface area contributed by atoms with Gasteiger partial charge in [0.05, 0.1) is 0 Å². The molecule has 0 radical (unpaired) electrons. The molecule has 6 heteroatoms. The number of benzene rings is 2. The van der Waals surface area contributed by atoms with Crippen LogP contribution < -0.4 is 5.32 Å². The lowest BCUT2D eigenvalue weighted by molar-refractivity contribution is -0.117. The number of aromatic nitrogens is 2. The van der Waals surface area contributed by atoms with Crippen molar-refractivity contribution in [2.75, 3.05) is 5.32 Å². The Hall–Kier alpha value is -2.18. The largest absolute Gasteiger partial charge is 0.300 e. The van der Waals surface area contributed by atoms with E-state index in [1.54, 1.807) is 11.8 Å². The second kappa shape index (κ2) is 7.82. The molecule has 4 nitrogen and oxygen atoms in total. The summed E-state index contributed by atoms with van der Waals surface area (Å²) in [6.45, 7) is 4.22. The molecule has 1 heterocycles. The summed E-state index contributed by atoms with van der Waals surface area (Å²) in [7, 11) is 0. The first kappa shape index (κ1) is 18.2. The first-order valence-corrected chi connectivity index (χ1v) is 10.8. The van der Waals surface area contributed by atoms with E-state index in [9.17, 15) is 4.79 Å². The Morgan fingerprint density at radius 1 is 1.15 bits per heavy atom. The fourth-order valence-corrected chi connectivity index (χ4v) is 5.05. The fraction of sp³-hybridized carbons (Fsp3) is 0.286. The van der Waals surface area contributed by atoms with Crippen molar-refractivity contribution in [2.24, 2.45) is 5.92 Å². The van der Waals surface area contributed by atoms with Crippen molar-refractivity contribution in [2.45, 2.75) is 36.3 Å². The first-order valence-electron chi connectivity index (χ1n) is 8.98. The molecule has 0 spiro atoms. The van der Waals surface area contributed by atoms with Crippen LogP contribution in [-0.4, -0.2) is 16.1 Å². The fourth-order valence-electron chi connectivity index (χ4n) is 3.37. The van der Waals surface area contributed by atoms with Crippen LogP contribution in [0.5, 0.6) is 0 Å².